The second-order valence-electron chi connectivity index (χ2n) is 12.0. The van der Waals surface area contributed by atoms with Gasteiger partial charge in [-0.1, -0.05) is 64.8 Å². The minimum absolute atomic E-state index is 0.0129. The SMILES string of the molecule is CCC(/C=C/[C@@H](C)[C@H]1CC[C@H]2C3=C(CC[C@]12C)[C@@]1(C)CC[C@H](O)CC1=CC3=O)C(C)C. The summed E-state index contributed by atoms with van der Waals surface area (Å²) in [5, 5.41) is 10.2. The molecule has 0 aromatic carbocycles. The van der Waals surface area contributed by atoms with Crippen LogP contribution < -0.4 is 0 Å². The first-order chi connectivity index (χ1) is 14.6. The Kier molecular flexibility index (Phi) is 6.18. The molecule has 172 valence electrons. The Morgan fingerprint density at radius 1 is 1.13 bits per heavy atom. The van der Waals surface area contributed by atoms with E-state index in [4.69, 9.17) is 0 Å². The molecule has 31 heavy (non-hydrogen) atoms. The van der Waals surface area contributed by atoms with Crippen molar-refractivity contribution in [1.29, 1.82) is 0 Å². The smallest absolute Gasteiger partial charge is 0.182 e. The van der Waals surface area contributed by atoms with E-state index in [1.165, 1.54) is 36.0 Å². The number of hydrogen-bond acceptors (Lipinski definition) is 2. The zero-order chi connectivity index (χ0) is 22.6. The van der Waals surface area contributed by atoms with E-state index in [-0.39, 0.29) is 22.7 Å². The third-order valence-electron chi connectivity index (χ3n) is 10.00. The third-order valence-corrected chi connectivity index (χ3v) is 10.00. The maximum absolute atomic E-state index is 13.4. The van der Waals surface area contributed by atoms with Gasteiger partial charge in [-0.3, -0.25) is 4.79 Å². The molecule has 2 nitrogen and oxygen atoms in total. The Hall–Kier alpha value is -1.15. The minimum Gasteiger partial charge on any atom is -0.393 e. The monoisotopic (exact) mass is 424 g/mol. The van der Waals surface area contributed by atoms with Crippen molar-refractivity contribution >= 4 is 5.78 Å². The number of rotatable bonds is 5. The quantitative estimate of drug-likeness (QED) is 0.480. The van der Waals surface area contributed by atoms with Crippen molar-refractivity contribution in [1.82, 2.24) is 0 Å². The molecule has 2 fully saturated rings. The third kappa shape index (κ3) is 3.71. The molecule has 1 unspecified atom stereocenters. The Labute approximate surface area is 190 Å². The van der Waals surface area contributed by atoms with E-state index < -0.39 is 0 Å². The van der Waals surface area contributed by atoms with Crippen molar-refractivity contribution in [3.63, 3.8) is 0 Å². The van der Waals surface area contributed by atoms with E-state index in [1.54, 1.807) is 0 Å². The van der Waals surface area contributed by atoms with Gasteiger partial charge in [0.2, 0.25) is 0 Å². The van der Waals surface area contributed by atoms with E-state index in [0.717, 1.165) is 25.7 Å². The summed E-state index contributed by atoms with van der Waals surface area (Å²) in [6, 6.07) is 0. The van der Waals surface area contributed by atoms with Gasteiger partial charge in [0, 0.05) is 11.0 Å². The summed E-state index contributed by atoms with van der Waals surface area (Å²) < 4.78 is 0. The molecule has 1 N–H and O–H groups in total. The topological polar surface area (TPSA) is 37.3 Å². The molecule has 2 heteroatoms. The van der Waals surface area contributed by atoms with Gasteiger partial charge in [-0.05, 0) is 92.4 Å². The average molecular weight is 425 g/mol. The highest BCUT2D eigenvalue weighted by molar-refractivity contribution is 6.07. The van der Waals surface area contributed by atoms with Gasteiger partial charge >= 0.3 is 0 Å². The molecular weight excluding hydrogens is 380 g/mol. The lowest BCUT2D eigenvalue weighted by molar-refractivity contribution is -0.113. The molecule has 0 amide bonds. The van der Waals surface area contributed by atoms with Crippen molar-refractivity contribution in [2.24, 2.45) is 40.4 Å². The van der Waals surface area contributed by atoms with Crippen LogP contribution in [0.15, 0.2) is 34.9 Å². The van der Waals surface area contributed by atoms with Crippen molar-refractivity contribution in [3.05, 3.63) is 34.9 Å². The first kappa shape index (κ1) is 23.0. The van der Waals surface area contributed by atoms with Crippen molar-refractivity contribution < 1.29 is 9.90 Å². The van der Waals surface area contributed by atoms with Crippen LogP contribution in [0.2, 0.25) is 0 Å². The molecular formula is C29H44O2. The summed E-state index contributed by atoms with van der Waals surface area (Å²) in [5.74, 6) is 3.26. The van der Waals surface area contributed by atoms with Gasteiger partial charge in [0.25, 0.3) is 0 Å². The van der Waals surface area contributed by atoms with Crippen molar-refractivity contribution in [2.45, 2.75) is 99.0 Å². The second-order valence-corrected chi connectivity index (χ2v) is 12.0. The number of aliphatic hydroxyl groups excluding tert-OH is 1. The molecule has 0 heterocycles. The maximum Gasteiger partial charge on any atom is 0.182 e. The molecule has 0 bridgehead atoms. The molecule has 0 saturated heterocycles. The fourth-order valence-corrected chi connectivity index (χ4v) is 7.87. The molecule has 4 aliphatic carbocycles. The minimum atomic E-state index is -0.274. The Morgan fingerprint density at radius 2 is 1.87 bits per heavy atom. The largest absolute Gasteiger partial charge is 0.393 e. The Bertz CT molecular complexity index is 815. The van der Waals surface area contributed by atoms with Gasteiger partial charge in [0.1, 0.15) is 0 Å². The van der Waals surface area contributed by atoms with Crippen LogP contribution in [0.4, 0.5) is 0 Å². The van der Waals surface area contributed by atoms with Crippen LogP contribution in [0.3, 0.4) is 0 Å². The highest BCUT2D eigenvalue weighted by Crippen LogP contribution is 2.64. The van der Waals surface area contributed by atoms with Crippen LogP contribution in [0.1, 0.15) is 92.9 Å². The van der Waals surface area contributed by atoms with Crippen LogP contribution >= 0.6 is 0 Å². The van der Waals surface area contributed by atoms with Crippen LogP contribution in [0.5, 0.6) is 0 Å². The Balaban J connectivity index is 1.61. The number of allylic oxidation sites excluding steroid dienone is 5. The number of fused-ring (bicyclic) bond motifs is 4. The molecule has 0 aliphatic heterocycles. The molecule has 0 radical (unpaired) electrons. The van der Waals surface area contributed by atoms with Gasteiger partial charge < -0.3 is 5.11 Å². The summed E-state index contributed by atoms with van der Waals surface area (Å²) in [6.45, 7) is 14.2. The van der Waals surface area contributed by atoms with Crippen LogP contribution in [-0.4, -0.2) is 17.0 Å². The maximum atomic E-state index is 13.4. The van der Waals surface area contributed by atoms with Crippen LogP contribution in [0.25, 0.3) is 0 Å². The summed E-state index contributed by atoms with van der Waals surface area (Å²) in [6.07, 6.45) is 15.0. The molecule has 7 atom stereocenters. The molecule has 0 aromatic rings. The van der Waals surface area contributed by atoms with Crippen molar-refractivity contribution in [3.8, 4) is 0 Å². The predicted molar refractivity (Wildman–Crippen MR) is 129 cm³/mol. The molecule has 0 spiro atoms. The number of ketones is 1. The Morgan fingerprint density at radius 3 is 2.55 bits per heavy atom. The van der Waals surface area contributed by atoms with E-state index in [0.29, 0.717) is 36.0 Å². The predicted octanol–water partition coefficient (Wildman–Crippen LogP) is 7.04. The van der Waals surface area contributed by atoms with Gasteiger partial charge in [0.15, 0.2) is 5.78 Å². The van der Waals surface area contributed by atoms with E-state index in [1.807, 2.05) is 6.08 Å². The highest BCUT2D eigenvalue weighted by atomic mass is 16.3. The number of aliphatic hydroxyl groups is 1. The zero-order valence-electron chi connectivity index (χ0n) is 20.7. The molecule has 4 aliphatic rings. The lowest BCUT2D eigenvalue weighted by atomic mass is 9.53. The van der Waals surface area contributed by atoms with Gasteiger partial charge in [-0.15, -0.1) is 0 Å². The number of carbonyl (C=O) groups excluding carboxylic acids is 1. The van der Waals surface area contributed by atoms with Gasteiger partial charge in [0.05, 0.1) is 6.10 Å². The second kappa shape index (κ2) is 8.32. The molecule has 2 saturated carbocycles. The standard InChI is InChI=1S/C29H44O2/c1-7-20(18(2)3)9-8-19(4)23-10-11-24-27-25(13-15-29(23,24)6)28(5)14-12-22(30)16-21(28)17-26(27)31/h8-9,17-20,22-24,30H,7,10-16H2,1-6H3/b9-8+/t19-,20?,22+,23-,24+,28+,29-/m1/s1. The van der Waals surface area contributed by atoms with E-state index in [2.05, 4.69) is 53.7 Å². The fourth-order valence-electron chi connectivity index (χ4n) is 7.87. The summed E-state index contributed by atoms with van der Waals surface area (Å²) in [5.41, 5.74) is 4.07. The lowest BCUT2D eigenvalue weighted by Gasteiger charge is -2.51. The lowest BCUT2D eigenvalue weighted by Crippen LogP contribution is -2.44. The first-order valence-electron chi connectivity index (χ1n) is 13.0. The van der Waals surface area contributed by atoms with E-state index in [9.17, 15) is 9.90 Å². The normalized spacial score (nSPS) is 39.9. The molecule has 0 aromatic heterocycles. The van der Waals surface area contributed by atoms with E-state index >= 15 is 0 Å². The average Bonchev–Trinajstić information content (AvgIpc) is 3.06. The summed E-state index contributed by atoms with van der Waals surface area (Å²) in [7, 11) is 0. The van der Waals surface area contributed by atoms with Crippen LogP contribution in [-0.2, 0) is 4.79 Å². The zero-order valence-corrected chi connectivity index (χ0v) is 20.7. The van der Waals surface area contributed by atoms with Gasteiger partial charge in [-0.25, -0.2) is 0 Å². The first-order valence-corrected chi connectivity index (χ1v) is 13.0. The van der Waals surface area contributed by atoms with Crippen molar-refractivity contribution in [2.75, 3.05) is 0 Å². The van der Waals surface area contributed by atoms with Gasteiger partial charge in [-0.2, -0.15) is 0 Å². The highest BCUT2D eigenvalue weighted by Gasteiger charge is 2.56. The summed E-state index contributed by atoms with van der Waals surface area (Å²) in [4.78, 5) is 13.4. The molecule has 4 rings (SSSR count). The number of carbonyl (C=O) groups is 1. The number of hydrogen-bond donors (Lipinski definition) is 1. The summed E-state index contributed by atoms with van der Waals surface area (Å²) >= 11 is 0. The van der Waals surface area contributed by atoms with Crippen LogP contribution in [0, 0.1) is 40.4 Å². The fraction of sp³-hybridized carbons (Fsp3) is 0.759.